The first kappa shape index (κ1) is 18.3. The Morgan fingerprint density at radius 1 is 1.14 bits per heavy atom. The summed E-state index contributed by atoms with van der Waals surface area (Å²) in [7, 11) is 0. The first-order valence-electron chi connectivity index (χ1n) is 6.76. The molecule has 10 heteroatoms. The third kappa shape index (κ3) is 4.91. The molecule has 1 saturated heterocycles. The molecule has 1 rings (SSSR count). The first-order chi connectivity index (χ1) is 10.2. The molecule has 1 heterocycles. The fourth-order valence-corrected chi connectivity index (χ4v) is 2.17. The van der Waals surface area contributed by atoms with Gasteiger partial charge in [0, 0.05) is 13.1 Å². The van der Waals surface area contributed by atoms with Crippen LogP contribution >= 0.6 is 0 Å². The molecule has 6 N–H and O–H groups in total. The Kier molecular flexibility index (Phi) is 6.68. The summed E-state index contributed by atoms with van der Waals surface area (Å²) in [5.74, 6) is -3.79. The van der Waals surface area contributed by atoms with Crippen LogP contribution in [0.3, 0.4) is 0 Å². The summed E-state index contributed by atoms with van der Waals surface area (Å²) >= 11 is 0. The van der Waals surface area contributed by atoms with Crippen LogP contribution in [-0.2, 0) is 14.4 Å². The molecule has 1 aliphatic rings. The Labute approximate surface area is 126 Å². The minimum absolute atomic E-state index is 0.121. The van der Waals surface area contributed by atoms with E-state index in [4.69, 9.17) is 20.4 Å². The van der Waals surface area contributed by atoms with Crippen LogP contribution in [0.2, 0.25) is 0 Å². The second-order valence-electron chi connectivity index (χ2n) is 5.12. The highest BCUT2D eigenvalue weighted by Gasteiger charge is 2.37. The molecule has 10 nitrogen and oxygen atoms in total. The average Bonchev–Trinajstić information content (AvgIpc) is 2.37. The predicted molar refractivity (Wildman–Crippen MR) is 71.3 cm³/mol. The lowest BCUT2D eigenvalue weighted by atomic mass is 10.0. The lowest BCUT2D eigenvalue weighted by Crippen LogP contribution is -2.58. The van der Waals surface area contributed by atoms with Crippen molar-refractivity contribution in [3.05, 3.63) is 0 Å². The van der Waals surface area contributed by atoms with E-state index in [1.54, 1.807) is 0 Å². The van der Waals surface area contributed by atoms with Gasteiger partial charge in [-0.05, 0) is 19.4 Å². The summed E-state index contributed by atoms with van der Waals surface area (Å²) in [5.41, 5.74) is 0. The molecule has 0 spiro atoms. The summed E-state index contributed by atoms with van der Waals surface area (Å²) in [5, 5.41) is 47.9. The van der Waals surface area contributed by atoms with Crippen LogP contribution in [0, 0.1) is 0 Å². The molecular formula is C12H20N2O8. The van der Waals surface area contributed by atoms with E-state index in [1.807, 2.05) is 0 Å². The first-order valence-corrected chi connectivity index (χ1v) is 6.76. The van der Waals surface area contributed by atoms with Gasteiger partial charge in [-0.15, -0.1) is 0 Å². The van der Waals surface area contributed by atoms with Crippen molar-refractivity contribution in [1.82, 2.24) is 10.2 Å². The molecule has 0 aliphatic carbocycles. The van der Waals surface area contributed by atoms with Gasteiger partial charge in [0.2, 0.25) is 0 Å². The smallest absolute Gasteiger partial charge is 0.332 e. The van der Waals surface area contributed by atoms with Crippen molar-refractivity contribution >= 4 is 17.9 Å². The number of nitrogens with one attached hydrogen (secondary N) is 1. The zero-order valence-electron chi connectivity index (χ0n) is 11.8. The fourth-order valence-electron chi connectivity index (χ4n) is 2.17. The second-order valence-corrected chi connectivity index (χ2v) is 5.12. The van der Waals surface area contributed by atoms with E-state index in [-0.39, 0.29) is 19.5 Å². The predicted octanol–water partition coefficient (Wildman–Crippen LogP) is -2.62. The summed E-state index contributed by atoms with van der Waals surface area (Å²) in [6.07, 6.45) is -2.75. The van der Waals surface area contributed by atoms with E-state index in [2.05, 4.69) is 5.32 Å². The van der Waals surface area contributed by atoms with Crippen LogP contribution in [0.5, 0.6) is 0 Å². The maximum atomic E-state index is 11.1. The normalized spacial score (nSPS) is 22.4. The third-order valence-corrected chi connectivity index (χ3v) is 3.56. The molecule has 0 saturated carbocycles. The molecule has 0 amide bonds. The SMILES string of the molecule is O=C(O)[C@@H](NCC[C@H](O)C(=O)O)[C@H](O)CN1CC[C@H]1C(=O)O. The van der Waals surface area contributed by atoms with E-state index in [1.165, 1.54) is 4.90 Å². The molecule has 0 aromatic carbocycles. The number of aliphatic hydroxyl groups is 2. The van der Waals surface area contributed by atoms with Crippen LogP contribution in [-0.4, -0.2) is 92.3 Å². The van der Waals surface area contributed by atoms with Gasteiger partial charge >= 0.3 is 17.9 Å². The van der Waals surface area contributed by atoms with Gasteiger partial charge in [0.05, 0.1) is 6.10 Å². The summed E-state index contributed by atoms with van der Waals surface area (Å²) in [6.45, 7) is 0.213. The maximum absolute atomic E-state index is 11.1. The Bertz CT molecular complexity index is 429. The fraction of sp³-hybridized carbons (Fsp3) is 0.750. The Morgan fingerprint density at radius 3 is 2.18 bits per heavy atom. The highest BCUT2D eigenvalue weighted by molar-refractivity contribution is 5.75. The van der Waals surface area contributed by atoms with Crippen molar-refractivity contribution in [2.45, 2.75) is 37.1 Å². The third-order valence-electron chi connectivity index (χ3n) is 3.56. The van der Waals surface area contributed by atoms with Crippen molar-refractivity contribution in [3.63, 3.8) is 0 Å². The van der Waals surface area contributed by atoms with E-state index in [9.17, 15) is 19.5 Å². The summed E-state index contributed by atoms with van der Waals surface area (Å²) in [4.78, 5) is 33.9. The van der Waals surface area contributed by atoms with Gasteiger partial charge in [0.25, 0.3) is 0 Å². The minimum Gasteiger partial charge on any atom is -0.480 e. The van der Waals surface area contributed by atoms with Gasteiger partial charge < -0.3 is 30.8 Å². The number of hydrogen-bond donors (Lipinski definition) is 6. The van der Waals surface area contributed by atoms with Crippen molar-refractivity contribution in [1.29, 1.82) is 0 Å². The zero-order chi connectivity index (χ0) is 16.9. The number of rotatable bonds is 10. The highest BCUT2D eigenvalue weighted by Crippen LogP contribution is 2.18. The second kappa shape index (κ2) is 8.03. The number of aliphatic carboxylic acids is 3. The highest BCUT2D eigenvalue weighted by atomic mass is 16.4. The summed E-state index contributed by atoms with van der Waals surface area (Å²) < 4.78 is 0. The Balaban J connectivity index is 2.46. The van der Waals surface area contributed by atoms with Crippen molar-refractivity contribution in [2.24, 2.45) is 0 Å². The van der Waals surface area contributed by atoms with Crippen LogP contribution in [0.4, 0.5) is 0 Å². The van der Waals surface area contributed by atoms with Gasteiger partial charge in [0.1, 0.15) is 12.1 Å². The van der Waals surface area contributed by atoms with Gasteiger partial charge in [-0.1, -0.05) is 0 Å². The average molecular weight is 320 g/mol. The lowest BCUT2D eigenvalue weighted by molar-refractivity contribution is -0.150. The zero-order valence-corrected chi connectivity index (χ0v) is 11.8. The largest absolute Gasteiger partial charge is 0.480 e. The quantitative estimate of drug-likeness (QED) is 0.251. The molecule has 0 bridgehead atoms. The Morgan fingerprint density at radius 2 is 1.77 bits per heavy atom. The number of carboxylic acids is 3. The number of carboxylic acid groups (broad SMARTS) is 3. The molecule has 0 aromatic rings. The minimum atomic E-state index is -1.62. The molecule has 1 aliphatic heterocycles. The molecule has 22 heavy (non-hydrogen) atoms. The molecule has 1 fully saturated rings. The molecule has 126 valence electrons. The van der Waals surface area contributed by atoms with Gasteiger partial charge in [-0.2, -0.15) is 0 Å². The van der Waals surface area contributed by atoms with Crippen LogP contribution < -0.4 is 5.32 Å². The van der Waals surface area contributed by atoms with Crippen molar-refractivity contribution in [3.8, 4) is 0 Å². The molecule has 0 unspecified atom stereocenters. The Hall–Kier alpha value is -1.75. The van der Waals surface area contributed by atoms with Gasteiger partial charge in [0.15, 0.2) is 6.10 Å². The van der Waals surface area contributed by atoms with Gasteiger partial charge in [-0.25, -0.2) is 4.79 Å². The van der Waals surface area contributed by atoms with Crippen LogP contribution in [0.1, 0.15) is 12.8 Å². The standard InChI is InChI=1S/C12H20N2O8/c15-7(11(19)20)1-3-13-9(12(21)22)8(16)5-14-4-2-6(14)10(17)18/h6-9,13,15-16H,1-5H2,(H,17,18)(H,19,20)(H,21,22)/t6-,7-,8+,9-/m0/s1. The monoisotopic (exact) mass is 320 g/mol. The number of likely N-dealkylation sites (tertiary alicyclic amines) is 1. The van der Waals surface area contributed by atoms with Crippen LogP contribution in [0.25, 0.3) is 0 Å². The van der Waals surface area contributed by atoms with E-state index in [0.29, 0.717) is 13.0 Å². The lowest BCUT2D eigenvalue weighted by Gasteiger charge is -2.39. The maximum Gasteiger partial charge on any atom is 0.332 e. The van der Waals surface area contributed by atoms with E-state index >= 15 is 0 Å². The number of β-amino-alcohol motifs (C(OH)–C–C–N with tert-alkyl or cyclic N) is 1. The van der Waals surface area contributed by atoms with E-state index in [0.717, 1.165) is 0 Å². The van der Waals surface area contributed by atoms with Crippen molar-refractivity contribution < 1.29 is 39.9 Å². The molecular weight excluding hydrogens is 300 g/mol. The number of aliphatic hydroxyl groups excluding tert-OH is 2. The van der Waals surface area contributed by atoms with Gasteiger partial charge in [-0.3, -0.25) is 14.5 Å². The number of nitrogens with zero attached hydrogens (tertiary/aromatic N) is 1. The molecule has 0 radical (unpaired) electrons. The molecule has 0 aromatic heterocycles. The number of carbonyl (C=O) groups is 3. The molecule has 4 atom stereocenters. The van der Waals surface area contributed by atoms with Crippen molar-refractivity contribution in [2.75, 3.05) is 19.6 Å². The summed E-state index contributed by atoms with van der Waals surface area (Å²) in [6, 6.07) is -2.10. The number of hydrogen-bond acceptors (Lipinski definition) is 7. The van der Waals surface area contributed by atoms with E-state index < -0.39 is 42.2 Å². The van der Waals surface area contributed by atoms with Crippen LogP contribution in [0.15, 0.2) is 0 Å². The topological polar surface area (TPSA) is 168 Å².